The van der Waals surface area contributed by atoms with E-state index < -0.39 is 0 Å². The van der Waals surface area contributed by atoms with Crippen LogP contribution in [-0.2, 0) is 10.5 Å². The number of aryl methyl sites for hydroxylation is 1. The number of amides is 2. The second-order valence-corrected chi connectivity index (χ2v) is 8.98. The van der Waals surface area contributed by atoms with Crippen molar-refractivity contribution in [3.05, 3.63) is 40.6 Å². The molecule has 1 saturated heterocycles. The fraction of sp³-hybridized carbons (Fsp3) is 0.368. The SMILES string of the molecule is CC(=O)N1CCN(C(=O)c2oc3ccccc3c2CSc2nnc(C)s2)CC1. The molecule has 9 heteroatoms. The van der Waals surface area contributed by atoms with Gasteiger partial charge in [0.2, 0.25) is 5.91 Å². The van der Waals surface area contributed by atoms with E-state index in [9.17, 15) is 9.59 Å². The van der Waals surface area contributed by atoms with Crippen LogP contribution in [0, 0.1) is 6.92 Å². The molecule has 0 saturated carbocycles. The summed E-state index contributed by atoms with van der Waals surface area (Å²) >= 11 is 3.10. The fourth-order valence-corrected chi connectivity index (χ4v) is 5.10. The van der Waals surface area contributed by atoms with Gasteiger partial charge in [-0.3, -0.25) is 9.59 Å². The Morgan fingerprint density at radius 2 is 1.86 bits per heavy atom. The van der Waals surface area contributed by atoms with E-state index in [4.69, 9.17) is 4.42 Å². The highest BCUT2D eigenvalue weighted by Gasteiger charge is 2.28. The molecular formula is C19H20N4O3S2. The Morgan fingerprint density at radius 1 is 1.14 bits per heavy atom. The first-order valence-electron chi connectivity index (χ1n) is 9.01. The smallest absolute Gasteiger partial charge is 0.290 e. The molecule has 1 aromatic carbocycles. The van der Waals surface area contributed by atoms with E-state index in [2.05, 4.69) is 10.2 Å². The number of hydrogen-bond donors (Lipinski definition) is 0. The number of thioether (sulfide) groups is 1. The Bertz CT molecular complexity index is 1020. The van der Waals surface area contributed by atoms with Gasteiger partial charge in [0.15, 0.2) is 10.1 Å². The Balaban J connectivity index is 1.59. The monoisotopic (exact) mass is 416 g/mol. The lowest BCUT2D eigenvalue weighted by molar-refractivity contribution is -0.130. The molecule has 0 aliphatic carbocycles. The third-order valence-corrected chi connectivity index (χ3v) is 6.75. The van der Waals surface area contributed by atoms with E-state index in [0.29, 0.717) is 43.3 Å². The summed E-state index contributed by atoms with van der Waals surface area (Å²) in [6, 6.07) is 7.70. The van der Waals surface area contributed by atoms with Crippen molar-refractivity contribution in [2.24, 2.45) is 0 Å². The molecule has 146 valence electrons. The number of nitrogens with zero attached hydrogens (tertiary/aromatic N) is 4. The first-order valence-corrected chi connectivity index (χ1v) is 10.8. The van der Waals surface area contributed by atoms with Gasteiger partial charge in [0.25, 0.3) is 5.91 Å². The molecule has 0 bridgehead atoms. The van der Waals surface area contributed by atoms with Gasteiger partial charge in [-0.25, -0.2) is 0 Å². The quantitative estimate of drug-likeness (QED) is 0.608. The molecule has 28 heavy (non-hydrogen) atoms. The summed E-state index contributed by atoms with van der Waals surface area (Å²) in [6.07, 6.45) is 0. The fourth-order valence-electron chi connectivity index (χ4n) is 3.25. The van der Waals surface area contributed by atoms with Crippen LogP contribution in [0.5, 0.6) is 0 Å². The second-order valence-electron chi connectivity index (χ2n) is 6.58. The lowest BCUT2D eigenvalue weighted by Crippen LogP contribution is -2.50. The molecule has 0 N–H and O–H groups in total. The highest BCUT2D eigenvalue weighted by molar-refractivity contribution is 8.00. The molecule has 1 aliphatic rings. The maximum Gasteiger partial charge on any atom is 0.290 e. The Hall–Kier alpha value is -2.39. The number of carbonyl (C=O) groups excluding carboxylic acids is 2. The predicted octanol–water partition coefficient (Wildman–Crippen LogP) is 3.19. The number of furan rings is 1. The predicted molar refractivity (Wildman–Crippen MR) is 109 cm³/mol. The van der Waals surface area contributed by atoms with E-state index in [1.54, 1.807) is 28.5 Å². The highest BCUT2D eigenvalue weighted by Crippen LogP contribution is 2.33. The zero-order chi connectivity index (χ0) is 19.7. The topological polar surface area (TPSA) is 79.5 Å². The zero-order valence-corrected chi connectivity index (χ0v) is 17.3. The van der Waals surface area contributed by atoms with Crippen LogP contribution in [0.4, 0.5) is 0 Å². The number of piperazine rings is 1. The van der Waals surface area contributed by atoms with Gasteiger partial charge in [-0.2, -0.15) is 0 Å². The number of benzene rings is 1. The van der Waals surface area contributed by atoms with Gasteiger partial charge in [0.05, 0.1) is 0 Å². The van der Waals surface area contributed by atoms with Gasteiger partial charge in [0.1, 0.15) is 10.6 Å². The molecule has 2 aromatic heterocycles. The van der Waals surface area contributed by atoms with Gasteiger partial charge >= 0.3 is 0 Å². The molecule has 0 radical (unpaired) electrons. The summed E-state index contributed by atoms with van der Waals surface area (Å²) < 4.78 is 6.84. The van der Waals surface area contributed by atoms with Crippen molar-refractivity contribution < 1.29 is 14.0 Å². The lowest BCUT2D eigenvalue weighted by atomic mass is 10.1. The van der Waals surface area contributed by atoms with E-state index in [1.165, 1.54) is 11.3 Å². The van der Waals surface area contributed by atoms with Gasteiger partial charge < -0.3 is 14.2 Å². The van der Waals surface area contributed by atoms with Crippen LogP contribution < -0.4 is 0 Å². The van der Waals surface area contributed by atoms with Crippen molar-refractivity contribution in [3.8, 4) is 0 Å². The molecule has 0 atom stereocenters. The number of fused-ring (bicyclic) bond motifs is 1. The number of aromatic nitrogens is 2. The summed E-state index contributed by atoms with van der Waals surface area (Å²) in [4.78, 5) is 28.2. The van der Waals surface area contributed by atoms with Gasteiger partial charge in [-0.05, 0) is 13.0 Å². The van der Waals surface area contributed by atoms with Crippen LogP contribution >= 0.6 is 23.1 Å². The van der Waals surface area contributed by atoms with E-state index in [0.717, 1.165) is 20.3 Å². The molecule has 3 heterocycles. The van der Waals surface area contributed by atoms with E-state index in [-0.39, 0.29) is 11.8 Å². The summed E-state index contributed by atoms with van der Waals surface area (Å²) in [5.41, 5.74) is 1.59. The molecule has 1 fully saturated rings. The molecule has 7 nitrogen and oxygen atoms in total. The average Bonchev–Trinajstić information content (AvgIpc) is 3.29. The second kappa shape index (κ2) is 7.92. The van der Waals surface area contributed by atoms with E-state index >= 15 is 0 Å². The van der Waals surface area contributed by atoms with Crippen molar-refractivity contribution in [3.63, 3.8) is 0 Å². The number of hydrogen-bond acceptors (Lipinski definition) is 7. The third kappa shape index (κ3) is 3.77. The molecule has 0 spiro atoms. The summed E-state index contributed by atoms with van der Waals surface area (Å²) in [6.45, 7) is 5.60. The molecule has 0 unspecified atom stereocenters. The Labute approximate surface area is 170 Å². The average molecular weight is 417 g/mol. The minimum absolute atomic E-state index is 0.0419. The Morgan fingerprint density at radius 3 is 2.54 bits per heavy atom. The normalized spacial score (nSPS) is 14.6. The highest BCUT2D eigenvalue weighted by atomic mass is 32.2. The summed E-state index contributed by atoms with van der Waals surface area (Å²) in [7, 11) is 0. The third-order valence-electron chi connectivity index (χ3n) is 4.75. The van der Waals surface area contributed by atoms with Crippen molar-refractivity contribution in [1.29, 1.82) is 0 Å². The van der Waals surface area contributed by atoms with Crippen LogP contribution in [0.15, 0.2) is 33.0 Å². The van der Waals surface area contributed by atoms with Gasteiger partial charge in [-0.15, -0.1) is 10.2 Å². The molecule has 2 amide bonds. The minimum Gasteiger partial charge on any atom is -0.451 e. The van der Waals surface area contributed by atoms with Crippen molar-refractivity contribution in [1.82, 2.24) is 20.0 Å². The minimum atomic E-state index is -0.122. The van der Waals surface area contributed by atoms with Crippen LogP contribution in [0.3, 0.4) is 0 Å². The zero-order valence-electron chi connectivity index (χ0n) is 15.7. The van der Waals surface area contributed by atoms with Crippen molar-refractivity contribution >= 4 is 45.9 Å². The summed E-state index contributed by atoms with van der Waals surface area (Å²) in [5, 5.41) is 10.1. The van der Waals surface area contributed by atoms with Crippen LogP contribution in [-0.4, -0.2) is 58.0 Å². The molecular weight excluding hydrogens is 396 g/mol. The van der Waals surface area contributed by atoms with Crippen LogP contribution in [0.1, 0.15) is 28.0 Å². The van der Waals surface area contributed by atoms with Crippen molar-refractivity contribution in [2.45, 2.75) is 23.9 Å². The molecule has 4 rings (SSSR count). The maximum atomic E-state index is 13.2. The van der Waals surface area contributed by atoms with Crippen LogP contribution in [0.25, 0.3) is 11.0 Å². The Kier molecular flexibility index (Phi) is 5.36. The number of carbonyl (C=O) groups is 2. The summed E-state index contributed by atoms with van der Waals surface area (Å²) in [5.74, 6) is 0.884. The van der Waals surface area contributed by atoms with E-state index in [1.807, 2.05) is 31.2 Å². The van der Waals surface area contributed by atoms with Crippen LogP contribution in [0.2, 0.25) is 0 Å². The molecule has 3 aromatic rings. The number of para-hydroxylation sites is 1. The standard InChI is InChI=1S/C19H20N4O3S2/c1-12-20-21-19(28-12)27-11-15-14-5-3-4-6-16(14)26-17(15)18(25)23-9-7-22(8-10-23)13(2)24/h3-6H,7-11H2,1-2H3. The van der Waals surface area contributed by atoms with Crippen molar-refractivity contribution in [2.75, 3.05) is 26.2 Å². The first kappa shape index (κ1) is 18.9. The maximum absolute atomic E-state index is 13.2. The molecule has 1 aliphatic heterocycles. The number of rotatable bonds is 4. The first-order chi connectivity index (χ1) is 13.5. The van der Waals surface area contributed by atoms with Gasteiger partial charge in [0, 0.05) is 49.8 Å². The largest absolute Gasteiger partial charge is 0.451 e. The lowest BCUT2D eigenvalue weighted by Gasteiger charge is -2.33. The van der Waals surface area contributed by atoms with Gasteiger partial charge in [-0.1, -0.05) is 41.3 Å².